The first-order valence-electron chi connectivity index (χ1n) is 11.9. The normalized spacial score (nSPS) is 15.7. The summed E-state index contributed by atoms with van der Waals surface area (Å²) in [7, 11) is 0.145. The van der Waals surface area contributed by atoms with E-state index in [1.165, 1.54) is 4.31 Å². The van der Waals surface area contributed by atoms with Crippen molar-refractivity contribution in [2.75, 3.05) is 39.8 Å². The maximum atomic E-state index is 13.4. The van der Waals surface area contributed by atoms with Crippen LogP contribution in [0.2, 0.25) is 0 Å². The highest BCUT2D eigenvalue weighted by atomic mass is 127. The first-order valence-corrected chi connectivity index (χ1v) is 14.4. The van der Waals surface area contributed by atoms with Gasteiger partial charge in [-0.1, -0.05) is 20.3 Å². The average molecular weight is 614 g/mol. The zero-order valence-corrected chi connectivity index (χ0v) is 23.6. The molecule has 1 N–H and O–H groups in total. The molecule has 190 valence electrons. The van der Waals surface area contributed by atoms with Crippen LogP contribution in [0, 0.1) is 3.70 Å². The number of hydrogen-bond donors (Lipinski definition) is 1. The summed E-state index contributed by atoms with van der Waals surface area (Å²) < 4.78 is 37.2. The lowest BCUT2D eigenvalue weighted by atomic mass is 10.1. The number of benzene rings is 1. The minimum Gasteiger partial charge on any atom is -0.493 e. The lowest BCUT2D eigenvalue weighted by molar-refractivity contribution is 0.222. The number of sulfonamides is 1. The van der Waals surface area contributed by atoms with Crippen molar-refractivity contribution in [2.24, 2.45) is 7.05 Å². The second kappa shape index (κ2) is 10.6. The minimum absolute atomic E-state index is 0.167. The third kappa shape index (κ3) is 5.00. The van der Waals surface area contributed by atoms with Crippen molar-refractivity contribution < 1.29 is 13.2 Å². The van der Waals surface area contributed by atoms with E-state index in [1.807, 2.05) is 25.6 Å². The van der Waals surface area contributed by atoms with E-state index in [4.69, 9.17) is 9.72 Å². The van der Waals surface area contributed by atoms with Gasteiger partial charge in [0.25, 0.3) is 5.56 Å². The summed E-state index contributed by atoms with van der Waals surface area (Å²) in [6.45, 7) is 6.80. The number of aromatic amines is 1. The van der Waals surface area contributed by atoms with E-state index in [0.29, 0.717) is 61.0 Å². The van der Waals surface area contributed by atoms with Gasteiger partial charge in [0.1, 0.15) is 22.6 Å². The van der Waals surface area contributed by atoms with Crippen molar-refractivity contribution in [3.8, 4) is 17.1 Å². The van der Waals surface area contributed by atoms with Crippen molar-refractivity contribution in [1.29, 1.82) is 0 Å². The number of nitrogens with one attached hydrogen (secondary N) is 1. The van der Waals surface area contributed by atoms with Crippen molar-refractivity contribution in [3.05, 3.63) is 37.8 Å². The highest BCUT2D eigenvalue weighted by Gasteiger charge is 2.29. The fourth-order valence-corrected chi connectivity index (χ4v) is 6.57. The number of rotatable bonds is 8. The molecular formula is C24H32IN5O4S. The Morgan fingerprint density at radius 3 is 2.49 bits per heavy atom. The van der Waals surface area contributed by atoms with Crippen LogP contribution in [0.4, 0.5) is 0 Å². The van der Waals surface area contributed by atoms with Crippen LogP contribution in [0.3, 0.4) is 0 Å². The highest BCUT2D eigenvalue weighted by molar-refractivity contribution is 14.1. The quantitative estimate of drug-likeness (QED) is 0.392. The van der Waals surface area contributed by atoms with Gasteiger partial charge in [-0.05, 0) is 60.7 Å². The Hall–Kier alpha value is -1.96. The summed E-state index contributed by atoms with van der Waals surface area (Å²) in [5.41, 5.74) is 2.38. The number of halogens is 1. The average Bonchev–Trinajstić information content (AvgIpc) is 3.08. The first kappa shape index (κ1) is 26.1. The molecule has 0 bridgehead atoms. The van der Waals surface area contributed by atoms with Crippen LogP contribution < -0.4 is 10.3 Å². The molecule has 1 aromatic carbocycles. The van der Waals surface area contributed by atoms with Gasteiger partial charge >= 0.3 is 0 Å². The maximum Gasteiger partial charge on any atom is 0.275 e. The zero-order chi connectivity index (χ0) is 25.3. The number of aromatic nitrogens is 3. The second-order valence-electron chi connectivity index (χ2n) is 8.90. The van der Waals surface area contributed by atoms with Crippen LogP contribution in [0.15, 0.2) is 27.9 Å². The Labute approximate surface area is 219 Å². The number of piperazine rings is 1. The molecule has 0 unspecified atom stereocenters. The van der Waals surface area contributed by atoms with Crippen LogP contribution in [0.5, 0.6) is 5.75 Å². The Morgan fingerprint density at radius 1 is 1.11 bits per heavy atom. The van der Waals surface area contributed by atoms with E-state index in [0.717, 1.165) is 28.5 Å². The van der Waals surface area contributed by atoms with E-state index >= 15 is 0 Å². The van der Waals surface area contributed by atoms with E-state index < -0.39 is 10.0 Å². The van der Waals surface area contributed by atoms with Gasteiger partial charge in [-0.25, -0.2) is 13.4 Å². The smallest absolute Gasteiger partial charge is 0.275 e. The molecule has 0 amide bonds. The molecule has 4 rings (SSSR count). The predicted octanol–water partition coefficient (Wildman–Crippen LogP) is 3.21. The van der Waals surface area contributed by atoms with Gasteiger partial charge in [-0.2, -0.15) is 4.31 Å². The van der Waals surface area contributed by atoms with Gasteiger partial charge in [0.05, 0.1) is 20.8 Å². The standard InChI is InChI=1S/C24H32IN5O4S/c1-5-7-17-20-21(29(4)22(17)25)24(31)27-23(26-20)18-15-16(8-9-19(18)34-14-6-2)35(32,33)30-12-10-28(3)11-13-30/h8-9,15H,5-7,10-14H2,1-4H3,(H,26,27,31). The first-order chi connectivity index (χ1) is 16.7. The second-order valence-corrected chi connectivity index (χ2v) is 11.9. The van der Waals surface area contributed by atoms with Gasteiger partial charge in [-0.3, -0.25) is 4.79 Å². The zero-order valence-electron chi connectivity index (χ0n) is 20.6. The number of H-pyrrole nitrogens is 1. The van der Waals surface area contributed by atoms with Crippen LogP contribution in [-0.2, 0) is 23.5 Å². The summed E-state index contributed by atoms with van der Waals surface area (Å²) in [6, 6.07) is 4.82. The number of likely N-dealkylation sites (N-methyl/N-ethyl adjacent to an activating group) is 1. The number of hydrogen-bond acceptors (Lipinski definition) is 6. The molecule has 0 spiro atoms. The molecule has 3 aromatic rings. The molecule has 9 nitrogen and oxygen atoms in total. The Bertz CT molecular complexity index is 1390. The summed E-state index contributed by atoms with van der Waals surface area (Å²) in [5, 5.41) is 0. The lowest BCUT2D eigenvalue weighted by Crippen LogP contribution is -2.47. The van der Waals surface area contributed by atoms with Crippen LogP contribution in [-0.4, -0.2) is 72.0 Å². The lowest BCUT2D eigenvalue weighted by Gasteiger charge is -2.31. The number of fused-ring (bicyclic) bond motifs is 1. The molecule has 11 heteroatoms. The van der Waals surface area contributed by atoms with Crippen LogP contribution in [0.25, 0.3) is 22.4 Å². The SMILES string of the molecule is CCCOc1ccc(S(=O)(=O)N2CCN(C)CC2)cc1-c1nc2c(CCC)c(I)n(C)c2c(=O)[nH]1. The van der Waals surface area contributed by atoms with Gasteiger partial charge in [0, 0.05) is 38.8 Å². The summed E-state index contributed by atoms with van der Waals surface area (Å²) >= 11 is 2.25. The molecular weight excluding hydrogens is 581 g/mol. The van der Waals surface area contributed by atoms with Crippen molar-refractivity contribution in [2.45, 2.75) is 38.0 Å². The Kier molecular flexibility index (Phi) is 7.89. The van der Waals surface area contributed by atoms with Gasteiger partial charge in [0.2, 0.25) is 10.0 Å². The third-order valence-electron chi connectivity index (χ3n) is 6.33. The molecule has 0 radical (unpaired) electrons. The highest BCUT2D eigenvalue weighted by Crippen LogP contribution is 2.33. The van der Waals surface area contributed by atoms with Gasteiger partial charge in [-0.15, -0.1) is 0 Å². The van der Waals surface area contributed by atoms with E-state index in [-0.39, 0.29) is 10.5 Å². The molecule has 3 heterocycles. The molecule has 1 saturated heterocycles. The number of aryl methyl sites for hydroxylation is 2. The molecule has 35 heavy (non-hydrogen) atoms. The molecule has 0 aliphatic carbocycles. The van der Waals surface area contributed by atoms with Crippen molar-refractivity contribution in [1.82, 2.24) is 23.7 Å². The topological polar surface area (TPSA) is 101 Å². The molecule has 1 fully saturated rings. The van der Waals surface area contributed by atoms with Crippen LogP contribution >= 0.6 is 22.6 Å². The number of nitrogens with zero attached hydrogens (tertiary/aromatic N) is 4. The van der Waals surface area contributed by atoms with Gasteiger partial charge in [0.15, 0.2) is 0 Å². The van der Waals surface area contributed by atoms with Crippen molar-refractivity contribution in [3.63, 3.8) is 0 Å². The third-order valence-corrected chi connectivity index (χ3v) is 9.60. The molecule has 0 saturated carbocycles. The minimum atomic E-state index is -3.70. The maximum absolute atomic E-state index is 13.4. The van der Waals surface area contributed by atoms with E-state index in [1.54, 1.807) is 18.2 Å². The fraction of sp³-hybridized carbons (Fsp3) is 0.500. The summed E-state index contributed by atoms with van der Waals surface area (Å²) in [4.78, 5) is 23.2. The van der Waals surface area contributed by atoms with Crippen molar-refractivity contribution >= 4 is 43.6 Å². The summed E-state index contributed by atoms with van der Waals surface area (Å²) in [5.74, 6) is 0.803. The molecule has 2 aromatic heterocycles. The van der Waals surface area contributed by atoms with Crippen LogP contribution in [0.1, 0.15) is 32.3 Å². The molecule has 1 aliphatic rings. The number of ether oxygens (including phenoxy) is 1. The largest absolute Gasteiger partial charge is 0.493 e. The van der Waals surface area contributed by atoms with E-state index in [2.05, 4.69) is 39.4 Å². The molecule has 0 atom stereocenters. The predicted molar refractivity (Wildman–Crippen MR) is 146 cm³/mol. The summed E-state index contributed by atoms with van der Waals surface area (Å²) in [6.07, 6.45) is 2.51. The fourth-order valence-electron chi connectivity index (χ4n) is 4.36. The monoisotopic (exact) mass is 613 g/mol. The molecule has 1 aliphatic heterocycles. The Morgan fingerprint density at radius 2 is 1.83 bits per heavy atom. The Balaban J connectivity index is 1.88. The van der Waals surface area contributed by atoms with Gasteiger partial charge < -0.3 is 19.2 Å². The van der Waals surface area contributed by atoms with E-state index in [9.17, 15) is 13.2 Å².